The largest absolute Gasteiger partial charge is 0.434 e. The molecule has 1 aliphatic rings. The van der Waals surface area contributed by atoms with Crippen molar-refractivity contribution in [1.29, 1.82) is 0 Å². The van der Waals surface area contributed by atoms with Crippen LogP contribution in [0.4, 0.5) is 14.7 Å². The van der Waals surface area contributed by atoms with Crippen molar-refractivity contribution < 1.29 is 18.6 Å². The van der Waals surface area contributed by atoms with Crippen molar-refractivity contribution in [2.24, 2.45) is 7.05 Å². The number of halogens is 2. The summed E-state index contributed by atoms with van der Waals surface area (Å²) < 4.78 is 33.9. The fraction of sp³-hybridized carbons (Fsp3) is 0.346. The number of alkyl halides is 2. The zero-order valence-electron chi connectivity index (χ0n) is 20.1. The Kier molecular flexibility index (Phi) is 6.44. The molecule has 0 aliphatic carbocycles. The van der Waals surface area contributed by atoms with Crippen LogP contribution in [0, 0.1) is 6.92 Å². The van der Waals surface area contributed by atoms with Crippen LogP contribution in [-0.4, -0.2) is 50.2 Å². The fourth-order valence-corrected chi connectivity index (χ4v) is 4.85. The molecule has 0 bridgehead atoms. The van der Waals surface area contributed by atoms with Gasteiger partial charge in [-0.3, -0.25) is 14.2 Å². The van der Waals surface area contributed by atoms with Gasteiger partial charge in [0.15, 0.2) is 0 Å². The monoisotopic (exact) mass is 495 g/mol. The molecule has 188 valence electrons. The first-order valence-electron chi connectivity index (χ1n) is 11.8. The Balaban J connectivity index is 1.52. The molecular formula is C26H27F2N5O3. The summed E-state index contributed by atoms with van der Waals surface area (Å²) in [4.78, 5) is 24.0. The van der Waals surface area contributed by atoms with Gasteiger partial charge in [-0.15, -0.1) is 0 Å². The molecule has 0 unspecified atom stereocenters. The number of aromatic nitrogens is 4. The van der Waals surface area contributed by atoms with Gasteiger partial charge in [0.25, 0.3) is 5.56 Å². The predicted octanol–water partition coefficient (Wildman–Crippen LogP) is 3.72. The van der Waals surface area contributed by atoms with Crippen LogP contribution in [-0.2, 0) is 13.6 Å². The van der Waals surface area contributed by atoms with E-state index < -0.39 is 6.61 Å². The van der Waals surface area contributed by atoms with Crippen molar-refractivity contribution in [2.45, 2.75) is 39.0 Å². The second kappa shape index (κ2) is 9.69. The number of aliphatic hydroxyl groups excluding tert-OH is 1. The van der Waals surface area contributed by atoms with Gasteiger partial charge >= 0.3 is 6.61 Å². The van der Waals surface area contributed by atoms with Gasteiger partial charge in [-0.2, -0.15) is 8.78 Å². The van der Waals surface area contributed by atoms with E-state index in [0.717, 1.165) is 36.1 Å². The smallest absolute Gasteiger partial charge is 0.387 e. The Hall–Kier alpha value is -3.79. The Morgan fingerprint density at radius 3 is 2.64 bits per heavy atom. The summed E-state index contributed by atoms with van der Waals surface area (Å²) in [6.45, 7) is -0.0224. The summed E-state index contributed by atoms with van der Waals surface area (Å²) in [6.07, 6.45) is 5.37. The highest BCUT2D eigenvalue weighted by molar-refractivity contribution is 5.84. The molecule has 1 aliphatic heterocycles. The average molecular weight is 496 g/mol. The number of aliphatic hydroxyl groups is 1. The normalized spacial score (nSPS) is 15.8. The van der Waals surface area contributed by atoms with E-state index in [4.69, 9.17) is 4.74 Å². The molecule has 0 amide bonds. The predicted molar refractivity (Wildman–Crippen MR) is 133 cm³/mol. The summed E-state index contributed by atoms with van der Waals surface area (Å²) in [5, 5.41) is 10.1. The van der Waals surface area contributed by atoms with Crippen LogP contribution in [0.3, 0.4) is 0 Å². The first-order valence-corrected chi connectivity index (χ1v) is 11.8. The Bertz CT molecular complexity index is 1450. The molecule has 1 atom stereocenters. The van der Waals surface area contributed by atoms with Crippen molar-refractivity contribution in [3.05, 3.63) is 70.3 Å². The minimum absolute atomic E-state index is 0.0338. The van der Waals surface area contributed by atoms with E-state index in [-0.39, 0.29) is 30.5 Å². The standard InChI is InChI=1S/C26H27F2N5O3/c1-16-5-8-23(36-25(27)28)18(10-16)14-33-22-11-17(6-7-21(22)24(35)31(33)2)19-12-29-26(30-13-19)32-9-3-4-20(32)15-34/h5-8,10-13,20,25,34H,3-4,9,14-15H2,1-2H3/t20-/m0/s1. The van der Waals surface area contributed by atoms with Crippen molar-refractivity contribution in [3.8, 4) is 16.9 Å². The van der Waals surface area contributed by atoms with E-state index in [1.165, 1.54) is 10.7 Å². The van der Waals surface area contributed by atoms with Crippen molar-refractivity contribution in [1.82, 2.24) is 19.3 Å². The molecule has 0 radical (unpaired) electrons. The van der Waals surface area contributed by atoms with E-state index in [1.807, 2.05) is 24.0 Å². The summed E-state index contributed by atoms with van der Waals surface area (Å²) in [6, 6.07) is 10.5. The van der Waals surface area contributed by atoms with E-state index in [2.05, 4.69) is 9.97 Å². The second-order valence-electron chi connectivity index (χ2n) is 9.05. The summed E-state index contributed by atoms with van der Waals surface area (Å²) in [5.41, 5.74) is 3.52. The molecule has 2 aromatic carbocycles. The molecule has 10 heteroatoms. The summed E-state index contributed by atoms with van der Waals surface area (Å²) in [7, 11) is 1.65. The van der Waals surface area contributed by atoms with Crippen molar-refractivity contribution in [2.75, 3.05) is 18.1 Å². The molecule has 1 N–H and O–H groups in total. The number of nitrogens with zero attached hydrogens (tertiary/aromatic N) is 5. The number of aryl methyl sites for hydroxylation is 1. The Labute approximate surface area is 206 Å². The number of rotatable bonds is 7. The third-order valence-corrected chi connectivity index (χ3v) is 6.73. The maximum absolute atomic E-state index is 13.0. The second-order valence-corrected chi connectivity index (χ2v) is 9.05. The summed E-state index contributed by atoms with van der Waals surface area (Å²) >= 11 is 0. The maximum Gasteiger partial charge on any atom is 0.387 e. The van der Waals surface area contributed by atoms with Crippen LogP contribution in [0.2, 0.25) is 0 Å². The van der Waals surface area contributed by atoms with E-state index >= 15 is 0 Å². The Morgan fingerprint density at radius 1 is 1.14 bits per heavy atom. The van der Waals surface area contributed by atoms with Crippen LogP contribution < -0.4 is 15.2 Å². The zero-order valence-corrected chi connectivity index (χ0v) is 20.1. The first kappa shape index (κ1) is 23.9. The molecule has 5 rings (SSSR count). The highest BCUT2D eigenvalue weighted by Crippen LogP contribution is 2.28. The number of hydrogen-bond acceptors (Lipinski definition) is 6. The topological polar surface area (TPSA) is 85.4 Å². The SMILES string of the molecule is Cc1ccc(OC(F)F)c(Cn2c3cc(-c4cnc(N5CCC[C@H]5CO)nc4)ccc3c(=O)n2C)c1. The van der Waals surface area contributed by atoms with E-state index in [0.29, 0.717) is 22.4 Å². The molecule has 0 saturated carbocycles. The van der Waals surface area contributed by atoms with Crippen LogP contribution in [0.15, 0.2) is 53.6 Å². The number of benzene rings is 2. The fourth-order valence-electron chi connectivity index (χ4n) is 4.85. The minimum atomic E-state index is -2.94. The van der Waals surface area contributed by atoms with Gasteiger partial charge in [0.05, 0.1) is 30.1 Å². The van der Waals surface area contributed by atoms with Crippen LogP contribution >= 0.6 is 0 Å². The van der Waals surface area contributed by atoms with Gasteiger partial charge < -0.3 is 14.7 Å². The lowest BCUT2D eigenvalue weighted by molar-refractivity contribution is -0.0505. The maximum atomic E-state index is 13.0. The molecule has 0 spiro atoms. The lowest BCUT2D eigenvalue weighted by Crippen LogP contribution is -2.33. The van der Waals surface area contributed by atoms with Gasteiger partial charge in [0, 0.05) is 37.1 Å². The molecule has 3 heterocycles. The third kappa shape index (κ3) is 4.44. The number of hydrogen-bond donors (Lipinski definition) is 1. The molecule has 4 aromatic rings. The first-order chi connectivity index (χ1) is 17.4. The highest BCUT2D eigenvalue weighted by atomic mass is 19.3. The van der Waals surface area contributed by atoms with Gasteiger partial charge in [0.1, 0.15) is 5.75 Å². The summed E-state index contributed by atoms with van der Waals surface area (Å²) in [5.74, 6) is 0.659. The lowest BCUT2D eigenvalue weighted by Gasteiger charge is -2.22. The number of ether oxygens (including phenoxy) is 1. The van der Waals surface area contributed by atoms with E-state index in [9.17, 15) is 18.7 Å². The van der Waals surface area contributed by atoms with Gasteiger partial charge in [0.2, 0.25) is 5.95 Å². The molecular weight excluding hydrogens is 468 g/mol. The van der Waals surface area contributed by atoms with Gasteiger partial charge in [-0.1, -0.05) is 23.8 Å². The molecule has 2 aromatic heterocycles. The van der Waals surface area contributed by atoms with Crippen LogP contribution in [0.25, 0.3) is 22.0 Å². The van der Waals surface area contributed by atoms with Crippen LogP contribution in [0.1, 0.15) is 24.0 Å². The number of anilines is 1. The van der Waals surface area contributed by atoms with Gasteiger partial charge in [-0.25, -0.2) is 9.97 Å². The van der Waals surface area contributed by atoms with Crippen LogP contribution in [0.5, 0.6) is 5.75 Å². The van der Waals surface area contributed by atoms with Gasteiger partial charge in [-0.05, 0) is 43.5 Å². The molecule has 36 heavy (non-hydrogen) atoms. The molecule has 1 fully saturated rings. The highest BCUT2D eigenvalue weighted by Gasteiger charge is 2.26. The third-order valence-electron chi connectivity index (χ3n) is 6.73. The Morgan fingerprint density at radius 2 is 1.92 bits per heavy atom. The van der Waals surface area contributed by atoms with Crippen molar-refractivity contribution in [3.63, 3.8) is 0 Å². The quantitative estimate of drug-likeness (QED) is 0.421. The molecule has 8 nitrogen and oxygen atoms in total. The average Bonchev–Trinajstić information content (AvgIpc) is 3.44. The van der Waals surface area contributed by atoms with E-state index in [1.54, 1.807) is 42.3 Å². The molecule has 1 saturated heterocycles. The minimum Gasteiger partial charge on any atom is -0.434 e. The zero-order chi connectivity index (χ0) is 25.4. The number of fused-ring (bicyclic) bond motifs is 1. The lowest BCUT2D eigenvalue weighted by atomic mass is 10.1. The van der Waals surface area contributed by atoms with Crippen molar-refractivity contribution >= 4 is 16.9 Å².